The number of hydrogen-bond acceptors (Lipinski definition) is 8. The van der Waals surface area contributed by atoms with Crippen LogP contribution in [0.3, 0.4) is 0 Å². The Bertz CT molecular complexity index is 700. The van der Waals surface area contributed by atoms with Gasteiger partial charge in [0.25, 0.3) is 11.8 Å². The first kappa shape index (κ1) is 20.3. The van der Waals surface area contributed by atoms with Gasteiger partial charge in [0.05, 0.1) is 6.54 Å². The van der Waals surface area contributed by atoms with Crippen LogP contribution in [0.2, 0.25) is 0 Å². The van der Waals surface area contributed by atoms with Crippen LogP contribution in [0.5, 0.6) is 0 Å². The zero-order valence-electron chi connectivity index (χ0n) is 15.1. The molecule has 1 unspecified atom stereocenters. The third-order valence-electron chi connectivity index (χ3n) is 3.70. The van der Waals surface area contributed by atoms with Gasteiger partial charge in [0.2, 0.25) is 6.10 Å². The van der Waals surface area contributed by atoms with Gasteiger partial charge in [-0.15, -0.1) is 0 Å². The second-order valence-electron chi connectivity index (χ2n) is 7.03. The second-order valence-corrected chi connectivity index (χ2v) is 7.03. The van der Waals surface area contributed by atoms with Crippen molar-refractivity contribution in [2.45, 2.75) is 51.4 Å². The number of nitrogens with one attached hydrogen (secondary N) is 1. The number of ketones is 2. The minimum absolute atomic E-state index is 0.0409. The number of rotatable bonds is 5. The summed E-state index contributed by atoms with van der Waals surface area (Å²) < 4.78 is 9.97. The fraction of sp³-hybridized carbons (Fsp3) is 0.529. The summed E-state index contributed by atoms with van der Waals surface area (Å²) in [7, 11) is 0. The lowest BCUT2D eigenvalue weighted by Gasteiger charge is -2.26. The monoisotopic (exact) mass is 380 g/mol. The Morgan fingerprint density at radius 2 is 1.63 bits per heavy atom. The molecule has 27 heavy (non-hydrogen) atoms. The molecule has 1 aliphatic carbocycles. The molecular weight excluding hydrogens is 360 g/mol. The average Bonchev–Trinajstić information content (AvgIpc) is 3.03. The van der Waals surface area contributed by atoms with Gasteiger partial charge in [-0.25, -0.2) is 9.59 Å². The molecule has 0 aromatic rings. The first-order valence-electron chi connectivity index (χ1n) is 8.27. The maximum absolute atomic E-state index is 12.5. The van der Waals surface area contributed by atoms with E-state index in [1.54, 1.807) is 20.8 Å². The highest BCUT2D eigenvalue weighted by Crippen LogP contribution is 2.17. The van der Waals surface area contributed by atoms with E-state index in [9.17, 15) is 28.8 Å². The molecule has 1 saturated carbocycles. The lowest BCUT2D eigenvalue weighted by molar-refractivity contribution is -0.165. The van der Waals surface area contributed by atoms with E-state index >= 15 is 0 Å². The summed E-state index contributed by atoms with van der Waals surface area (Å²) in [5, 5.41) is 2.28. The van der Waals surface area contributed by atoms with Crippen molar-refractivity contribution < 1.29 is 38.2 Å². The van der Waals surface area contributed by atoms with Crippen LogP contribution in [0.15, 0.2) is 12.2 Å². The summed E-state index contributed by atoms with van der Waals surface area (Å²) in [5.74, 6) is -3.81. The first-order chi connectivity index (χ1) is 12.5. The molecule has 0 radical (unpaired) electrons. The summed E-state index contributed by atoms with van der Waals surface area (Å²) in [5.41, 5.74) is -0.802. The molecule has 1 atom stereocenters. The Morgan fingerprint density at radius 3 is 2.11 bits per heavy atom. The maximum Gasteiger partial charge on any atom is 0.407 e. The molecule has 10 heteroatoms. The van der Waals surface area contributed by atoms with Gasteiger partial charge in [0, 0.05) is 25.0 Å². The van der Waals surface area contributed by atoms with E-state index in [2.05, 4.69) is 5.32 Å². The van der Waals surface area contributed by atoms with Crippen molar-refractivity contribution in [2.75, 3.05) is 6.54 Å². The highest BCUT2D eigenvalue weighted by molar-refractivity contribution is 6.16. The van der Waals surface area contributed by atoms with Crippen molar-refractivity contribution in [3.8, 4) is 0 Å². The van der Waals surface area contributed by atoms with Crippen LogP contribution in [0.25, 0.3) is 0 Å². The largest absolute Gasteiger partial charge is 0.445 e. The van der Waals surface area contributed by atoms with Crippen molar-refractivity contribution in [3.05, 3.63) is 12.2 Å². The summed E-state index contributed by atoms with van der Waals surface area (Å²) in [6.07, 6.45) is -0.589. The molecular formula is C17H20N2O8. The van der Waals surface area contributed by atoms with Crippen molar-refractivity contribution >= 4 is 35.4 Å². The molecule has 2 rings (SSSR count). The first-order valence-corrected chi connectivity index (χ1v) is 8.27. The fourth-order valence-electron chi connectivity index (χ4n) is 2.51. The fourth-order valence-corrected chi connectivity index (χ4v) is 2.51. The van der Waals surface area contributed by atoms with E-state index in [-0.39, 0.29) is 12.8 Å². The van der Waals surface area contributed by atoms with Crippen LogP contribution < -0.4 is 5.32 Å². The van der Waals surface area contributed by atoms with Gasteiger partial charge in [-0.3, -0.25) is 24.1 Å². The number of carbonyl (C=O) groups excluding carboxylic acids is 6. The molecule has 1 aliphatic heterocycles. The number of amides is 3. The summed E-state index contributed by atoms with van der Waals surface area (Å²) in [6.45, 7) is 4.40. The van der Waals surface area contributed by atoms with Gasteiger partial charge in [-0.2, -0.15) is 0 Å². The molecule has 2 aliphatic rings. The van der Waals surface area contributed by atoms with Gasteiger partial charge in [-0.1, -0.05) is 0 Å². The maximum atomic E-state index is 12.5. The van der Waals surface area contributed by atoms with E-state index in [4.69, 9.17) is 9.47 Å². The molecule has 0 aromatic carbocycles. The predicted octanol–water partition coefficient (Wildman–Crippen LogP) is -0.351. The SMILES string of the molecule is CC(C)(C)OC(=O)NCC(C(=O)OC1C(=O)CCC1=O)N1C(=O)C=CC1=O. The lowest BCUT2D eigenvalue weighted by atomic mass is 10.2. The third-order valence-corrected chi connectivity index (χ3v) is 3.70. The third kappa shape index (κ3) is 4.99. The molecule has 0 aromatic heterocycles. The normalized spacial score (nSPS) is 18.9. The van der Waals surface area contributed by atoms with Crippen LogP contribution in [0.1, 0.15) is 33.6 Å². The molecule has 1 heterocycles. The zero-order chi connectivity index (χ0) is 20.4. The van der Waals surface area contributed by atoms with Crippen LogP contribution in [0.4, 0.5) is 4.79 Å². The molecule has 0 saturated heterocycles. The van der Waals surface area contributed by atoms with Crippen LogP contribution in [0, 0.1) is 0 Å². The number of hydrogen-bond donors (Lipinski definition) is 1. The Morgan fingerprint density at radius 1 is 1.11 bits per heavy atom. The number of imide groups is 1. The van der Waals surface area contributed by atoms with Crippen molar-refractivity contribution in [1.29, 1.82) is 0 Å². The van der Waals surface area contributed by atoms with Crippen LogP contribution in [-0.4, -0.2) is 64.6 Å². The van der Waals surface area contributed by atoms with Gasteiger partial charge >= 0.3 is 12.1 Å². The highest BCUT2D eigenvalue weighted by atomic mass is 16.6. The summed E-state index contributed by atoms with van der Waals surface area (Å²) >= 11 is 0. The molecule has 1 fully saturated rings. The molecule has 146 valence electrons. The van der Waals surface area contributed by atoms with E-state index in [1.165, 1.54) is 0 Å². The van der Waals surface area contributed by atoms with Gasteiger partial charge in [0.1, 0.15) is 5.60 Å². The van der Waals surface area contributed by atoms with Crippen molar-refractivity contribution in [2.24, 2.45) is 0 Å². The van der Waals surface area contributed by atoms with Crippen molar-refractivity contribution in [3.63, 3.8) is 0 Å². The number of carbonyl (C=O) groups is 6. The Labute approximate surface area is 154 Å². The minimum atomic E-state index is -1.55. The Hall–Kier alpha value is -3.04. The van der Waals surface area contributed by atoms with E-state index in [0.717, 1.165) is 12.2 Å². The number of nitrogens with zero attached hydrogens (tertiary/aromatic N) is 1. The average molecular weight is 380 g/mol. The lowest BCUT2D eigenvalue weighted by Crippen LogP contribution is -2.53. The summed E-state index contributed by atoms with van der Waals surface area (Å²) in [4.78, 5) is 72.0. The Kier molecular flexibility index (Phi) is 5.77. The number of alkyl carbamates (subject to hydrolysis) is 1. The Balaban J connectivity index is 2.12. The zero-order valence-corrected chi connectivity index (χ0v) is 15.1. The molecule has 0 spiro atoms. The quantitative estimate of drug-likeness (QED) is 0.388. The van der Waals surface area contributed by atoms with Crippen LogP contribution >= 0.6 is 0 Å². The smallest absolute Gasteiger partial charge is 0.407 e. The predicted molar refractivity (Wildman–Crippen MR) is 88.1 cm³/mol. The van der Waals surface area contributed by atoms with Gasteiger partial charge < -0.3 is 14.8 Å². The van der Waals surface area contributed by atoms with E-state index in [0.29, 0.717) is 4.90 Å². The standard InChI is InChI=1S/C17H20N2O8/c1-17(2,3)27-16(25)18-8-9(19-12(22)6-7-13(19)23)15(24)26-14-10(20)4-5-11(14)21/h6-7,9,14H,4-5,8H2,1-3H3,(H,18,25). The van der Waals surface area contributed by atoms with E-state index in [1.807, 2.05) is 0 Å². The second kappa shape index (κ2) is 7.68. The highest BCUT2D eigenvalue weighted by Gasteiger charge is 2.42. The van der Waals surface area contributed by atoms with Gasteiger partial charge in [-0.05, 0) is 20.8 Å². The molecule has 1 N–H and O–H groups in total. The van der Waals surface area contributed by atoms with Crippen LogP contribution in [-0.2, 0) is 33.4 Å². The number of ether oxygens (including phenoxy) is 2. The molecule has 10 nitrogen and oxygen atoms in total. The van der Waals surface area contributed by atoms with Crippen molar-refractivity contribution in [1.82, 2.24) is 10.2 Å². The summed E-state index contributed by atoms with van der Waals surface area (Å²) in [6, 6.07) is -1.55. The molecule has 0 bridgehead atoms. The molecule has 3 amide bonds. The number of Topliss-reactive ketones (excluding diaryl/α,β-unsaturated/α-hetero) is 2. The topological polar surface area (TPSA) is 136 Å². The van der Waals surface area contributed by atoms with Gasteiger partial charge in [0.15, 0.2) is 17.6 Å². The minimum Gasteiger partial charge on any atom is -0.445 e. The van der Waals surface area contributed by atoms with E-state index < -0.39 is 59.7 Å². The number of esters is 1.